The smallest absolute Gasteiger partial charge is 0.128 e. The van der Waals surface area contributed by atoms with Gasteiger partial charge in [-0.1, -0.05) is 13.0 Å². The van der Waals surface area contributed by atoms with Crippen LogP contribution < -0.4 is 10.2 Å². The van der Waals surface area contributed by atoms with Gasteiger partial charge in [0, 0.05) is 25.8 Å². The van der Waals surface area contributed by atoms with Gasteiger partial charge in [-0.2, -0.15) is 0 Å². The Labute approximate surface area is 108 Å². The number of hydrogen-bond donors (Lipinski definition) is 2. The van der Waals surface area contributed by atoms with Crippen LogP contribution in [0, 0.1) is 0 Å². The largest absolute Gasteiger partial charge is 0.394 e. The highest BCUT2D eigenvalue weighted by atomic mass is 16.5. The maximum Gasteiger partial charge on any atom is 0.128 e. The number of ether oxygens (including phenoxy) is 1. The van der Waals surface area contributed by atoms with Gasteiger partial charge in [-0.25, -0.2) is 4.98 Å². The predicted octanol–water partition coefficient (Wildman–Crippen LogP) is 0.389. The average Bonchev–Trinajstić information content (AvgIpc) is 2.46. The highest BCUT2D eigenvalue weighted by Crippen LogP contribution is 2.15. The second-order valence-corrected chi connectivity index (χ2v) is 4.43. The van der Waals surface area contributed by atoms with Crippen molar-refractivity contribution >= 4 is 5.82 Å². The number of aromatic nitrogens is 1. The number of aliphatic hydroxyl groups is 1. The van der Waals surface area contributed by atoms with E-state index >= 15 is 0 Å². The first-order chi connectivity index (χ1) is 8.83. The van der Waals surface area contributed by atoms with E-state index in [0.717, 1.165) is 25.5 Å². The second-order valence-electron chi connectivity index (χ2n) is 4.43. The summed E-state index contributed by atoms with van der Waals surface area (Å²) in [6, 6.07) is 4.13. The molecule has 1 aromatic rings. The van der Waals surface area contributed by atoms with Crippen molar-refractivity contribution < 1.29 is 9.84 Å². The van der Waals surface area contributed by atoms with Gasteiger partial charge in [0.05, 0.1) is 19.3 Å². The van der Waals surface area contributed by atoms with Gasteiger partial charge in [0.1, 0.15) is 5.82 Å². The summed E-state index contributed by atoms with van der Waals surface area (Å²) in [5.41, 5.74) is 1.19. The maximum absolute atomic E-state index is 9.12. The Morgan fingerprint density at radius 1 is 1.56 bits per heavy atom. The van der Waals surface area contributed by atoms with Crippen molar-refractivity contribution in [2.24, 2.45) is 0 Å². The molecule has 0 bridgehead atoms. The summed E-state index contributed by atoms with van der Waals surface area (Å²) in [5.74, 6) is 0.956. The van der Waals surface area contributed by atoms with E-state index in [1.54, 1.807) is 0 Å². The second kappa shape index (κ2) is 6.68. The number of rotatable bonds is 5. The molecule has 1 aliphatic heterocycles. The SMILES string of the molecule is CCNCc1ccc(N2CCOC(CO)C2)nc1. The van der Waals surface area contributed by atoms with E-state index in [1.165, 1.54) is 5.56 Å². The van der Waals surface area contributed by atoms with E-state index in [4.69, 9.17) is 9.84 Å². The van der Waals surface area contributed by atoms with Gasteiger partial charge in [0.15, 0.2) is 0 Å². The lowest BCUT2D eigenvalue weighted by Gasteiger charge is -2.32. The quantitative estimate of drug-likeness (QED) is 0.793. The van der Waals surface area contributed by atoms with E-state index < -0.39 is 0 Å². The van der Waals surface area contributed by atoms with E-state index in [2.05, 4.69) is 28.2 Å². The zero-order valence-electron chi connectivity index (χ0n) is 10.8. The number of pyridine rings is 1. The van der Waals surface area contributed by atoms with Crippen LogP contribution in [-0.4, -0.2) is 49.0 Å². The average molecular weight is 251 g/mol. The summed E-state index contributed by atoms with van der Waals surface area (Å²) >= 11 is 0. The molecule has 5 nitrogen and oxygen atoms in total. The van der Waals surface area contributed by atoms with Crippen LogP contribution in [-0.2, 0) is 11.3 Å². The van der Waals surface area contributed by atoms with Gasteiger partial charge in [-0.05, 0) is 18.2 Å². The van der Waals surface area contributed by atoms with Gasteiger partial charge < -0.3 is 20.1 Å². The van der Waals surface area contributed by atoms with E-state index in [9.17, 15) is 0 Å². The number of nitrogens with zero attached hydrogens (tertiary/aromatic N) is 2. The molecule has 2 N–H and O–H groups in total. The molecule has 0 amide bonds. The molecule has 2 heterocycles. The fourth-order valence-electron chi connectivity index (χ4n) is 2.02. The van der Waals surface area contributed by atoms with Crippen LogP contribution in [0.5, 0.6) is 0 Å². The van der Waals surface area contributed by atoms with Gasteiger partial charge in [0.2, 0.25) is 0 Å². The number of hydrogen-bond acceptors (Lipinski definition) is 5. The Bertz CT molecular complexity index is 356. The van der Waals surface area contributed by atoms with E-state index in [1.807, 2.05) is 12.3 Å². The molecule has 1 saturated heterocycles. The molecule has 1 unspecified atom stereocenters. The van der Waals surface area contributed by atoms with Crippen LogP contribution in [0.25, 0.3) is 0 Å². The first-order valence-electron chi connectivity index (χ1n) is 6.46. The lowest BCUT2D eigenvalue weighted by atomic mass is 10.2. The van der Waals surface area contributed by atoms with Crippen LogP contribution in [0.4, 0.5) is 5.82 Å². The maximum atomic E-state index is 9.12. The molecule has 0 aliphatic carbocycles. The monoisotopic (exact) mass is 251 g/mol. The topological polar surface area (TPSA) is 57.6 Å². The number of morpholine rings is 1. The lowest BCUT2D eigenvalue weighted by Crippen LogP contribution is -2.44. The molecule has 0 aromatic carbocycles. The predicted molar refractivity (Wildman–Crippen MR) is 70.7 cm³/mol. The summed E-state index contributed by atoms with van der Waals surface area (Å²) in [5, 5.41) is 12.4. The summed E-state index contributed by atoms with van der Waals surface area (Å²) in [4.78, 5) is 6.63. The van der Waals surface area contributed by atoms with Crippen LogP contribution in [0.1, 0.15) is 12.5 Å². The molecule has 0 spiro atoms. The minimum absolute atomic E-state index is 0.0645. The van der Waals surface area contributed by atoms with Crippen LogP contribution in [0.3, 0.4) is 0 Å². The van der Waals surface area contributed by atoms with Crippen LogP contribution in [0.2, 0.25) is 0 Å². The summed E-state index contributed by atoms with van der Waals surface area (Å²) in [6.07, 6.45) is 1.81. The normalized spacial score (nSPS) is 20.1. The Hall–Kier alpha value is -1.17. The molecular formula is C13H21N3O2. The molecular weight excluding hydrogens is 230 g/mol. The van der Waals surface area contributed by atoms with Gasteiger partial charge >= 0.3 is 0 Å². The van der Waals surface area contributed by atoms with Crippen LogP contribution in [0.15, 0.2) is 18.3 Å². The van der Waals surface area contributed by atoms with Gasteiger partial charge in [-0.3, -0.25) is 0 Å². The molecule has 5 heteroatoms. The third-order valence-corrected chi connectivity index (χ3v) is 3.05. The van der Waals surface area contributed by atoms with Crippen molar-refractivity contribution in [2.45, 2.75) is 19.6 Å². The highest BCUT2D eigenvalue weighted by Gasteiger charge is 2.20. The molecule has 0 radical (unpaired) electrons. The minimum atomic E-state index is -0.0954. The fraction of sp³-hybridized carbons (Fsp3) is 0.615. The molecule has 0 saturated carbocycles. The van der Waals surface area contributed by atoms with Crippen molar-refractivity contribution in [2.75, 3.05) is 37.7 Å². The minimum Gasteiger partial charge on any atom is -0.394 e. The number of nitrogens with one attached hydrogen (secondary N) is 1. The fourth-order valence-corrected chi connectivity index (χ4v) is 2.02. The van der Waals surface area contributed by atoms with Crippen molar-refractivity contribution in [3.05, 3.63) is 23.9 Å². The summed E-state index contributed by atoms with van der Waals surface area (Å²) in [7, 11) is 0. The molecule has 1 fully saturated rings. The third-order valence-electron chi connectivity index (χ3n) is 3.05. The molecule has 100 valence electrons. The van der Waals surface area contributed by atoms with Gasteiger partial charge in [0.25, 0.3) is 0 Å². The molecule has 1 aromatic heterocycles. The lowest BCUT2D eigenvalue weighted by molar-refractivity contribution is 0.00336. The third kappa shape index (κ3) is 3.41. The zero-order valence-corrected chi connectivity index (χ0v) is 10.8. The molecule has 18 heavy (non-hydrogen) atoms. The Kier molecular flexibility index (Phi) is 4.92. The molecule has 2 rings (SSSR count). The Morgan fingerprint density at radius 2 is 2.44 bits per heavy atom. The van der Waals surface area contributed by atoms with E-state index in [-0.39, 0.29) is 12.7 Å². The van der Waals surface area contributed by atoms with Crippen LogP contribution >= 0.6 is 0 Å². The molecule has 1 aliphatic rings. The Balaban J connectivity index is 1.96. The van der Waals surface area contributed by atoms with Gasteiger partial charge in [-0.15, -0.1) is 0 Å². The Morgan fingerprint density at radius 3 is 3.11 bits per heavy atom. The summed E-state index contributed by atoms with van der Waals surface area (Å²) in [6.45, 7) is 6.15. The first-order valence-corrected chi connectivity index (χ1v) is 6.46. The number of aliphatic hydroxyl groups excluding tert-OH is 1. The van der Waals surface area contributed by atoms with Crippen molar-refractivity contribution in [3.63, 3.8) is 0 Å². The highest BCUT2D eigenvalue weighted by molar-refractivity contribution is 5.39. The summed E-state index contributed by atoms with van der Waals surface area (Å²) < 4.78 is 5.43. The standard InChI is InChI=1S/C13H21N3O2/c1-2-14-7-11-3-4-13(15-8-11)16-5-6-18-12(9-16)10-17/h3-4,8,12,14,17H,2,5-7,9-10H2,1H3. The van der Waals surface area contributed by atoms with Crippen molar-refractivity contribution in [1.82, 2.24) is 10.3 Å². The zero-order chi connectivity index (χ0) is 12.8. The number of anilines is 1. The van der Waals surface area contributed by atoms with E-state index in [0.29, 0.717) is 13.2 Å². The van der Waals surface area contributed by atoms with Crippen molar-refractivity contribution in [3.8, 4) is 0 Å². The van der Waals surface area contributed by atoms with Crippen molar-refractivity contribution in [1.29, 1.82) is 0 Å². The molecule has 1 atom stereocenters. The first kappa shape index (κ1) is 13.3.